The van der Waals surface area contributed by atoms with E-state index in [1.165, 1.54) is 30.3 Å². The molecule has 2 aromatic carbocycles. The summed E-state index contributed by atoms with van der Waals surface area (Å²) in [6, 6.07) is 12.1. The summed E-state index contributed by atoms with van der Waals surface area (Å²) in [4.78, 5) is 31.1. The zero-order valence-corrected chi connectivity index (χ0v) is 20.0. The minimum atomic E-state index is -4.06. The lowest BCUT2D eigenvalue weighted by molar-refractivity contribution is -0.115. The van der Waals surface area contributed by atoms with Gasteiger partial charge in [0, 0.05) is 0 Å². The van der Waals surface area contributed by atoms with Gasteiger partial charge in [0.05, 0.1) is 22.0 Å². The number of amides is 1. The number of aromatic nitrogens is 2. The van der Waals surface area contributed by atoms with Crippen molar-refractivity contribution in [3.05, 3.63) is 76.5 Å². The van der Waals surface area contributed by atoms with Crippen LogP contribution in [0.5, 0.6) is 0 Å². The third-order valence-electron chi connectivity index (χ3n) is 4.94. The molecular weight excluding hydrogens is 465 g/mol. The van der Waals surface area contributed by atoms with E-state index in [-0.39, 0.29) is 21.7 Å². The summed E-state index contributed by atoms with van der Waals surface area (Å²) in [5.41, 5.74) is 0.199. The Bertz CT molecular complexity index is 1310. The molecule has 174 valence electrons. The second-order valence-electron chi connectivity index (χ2n) is 7.59. The average Bonchev–Trinajstić information content (AvgIpc) is 2.78. The number of thioether (sulfide) groups is 1. The highest BCUT2D eigenvalue weighted by atomic mass is 32.2. The standard InChI is InChI=1S/C23H24FN3O4S2/c1-4-19(21(28)26-18-8-6-5-7-17(18)24)32-23-25-13-20(22(29)27-23)33(30,31)16-11-9-15(10-12-16)14(2)3/h5-14,19H,4H2,1-3H3,(H,26,28)(H,25,27,29)/t19-/m0/s1. The van der Waals surface area contributed by atoms with Crippen molar-refractivity contribution in [2.75, 3.05) is 5.32 Å². The molecule has 0 aliphatic carbocycles. The fourth-order valence-corrected chi connectivity index (χ4v) is 5.11. The average molecular weight is 490 g/mol. The molecule has 1 atom stereocenters. The second kappa shape index (κ2) is 10.3. The number of rotatable bonds is 8. The highest BCUT2D eigenvalue weighted by Crippen LogP contribution is 2.25. The molecule has 0 fully saturated rings. The zero-order valence-electron chi connectivity index (χ0n) is 18.3. The zero-order chi connectivity index (χ0) is 24.2. The molecule has 7 nitrogen and oxygen atoms in total. The predicted octanol–water partition coefficient (Wildman–Crippen LogP) is 4.37. The number of benzene rings is 2. The van der Waals surface area contributed by atoms with Crippen molar-refractivity contribution in [1.82, 2.24) is 9.97 Å². The number of hydrogen-bond acceptors (Lipinski definition) is 6. The van der Waals surface area contributed by atoms with Crippen molar-refractivity contribution in [3.63, 3.8) is 0 Å². The molecule has 0 saturated heterocycles. The first kappa shape index (κ1) is 24.7. The number of nitrogens with zero attached hydrogens (tertiary/aromatic N) is 1. The first-order chi connectivity index (χ1) is 15.6. The first-order valence-electron chi connectivity index (χ1n) is 10.3. The molecule has 0 aliphatic rings. The lowest BCUT2D eigenvalue weighted by Crippen LogP contribution is -2.26. The van der Waals surface area contributed by atoms with E-state index in [1.807, 2.05) is 13.8 Å². The summed E-state index contributed by atoms with van der Waals surface area (Å²) in [6.07, 6.45) is 1.37. The van der Waals surface area contributed by atoms with Crippen LogP contribution >= 0.6 is 11.8 Å². The van der Waals surface area contributed by atoms with Crippen LogP contribution in [0.15, 0.2) is 74.5 Å². The van der Waals surface area contributed by atoms with Crippen molar-refractivity contribution < 1.29 is 17.6 Å². The quantitative estimate of drug-likeness (QED) is 0.359. The topological polar surface area (TPSA) is 109 Å². The lowest BCUT2D eigenvalue weighted by atomic mass is 10.0. The molecule has 0 bridgehead atoms. The predicted molar refractivity (Wildman–Crippen MR) is 126 cm³/mol. The number of nitrogens with one attached hydrogen (secondary N) is 2. The van der Waals surface area contributed by atoms with Crippen molar-refractivity contribution in [1.29, 1.82) is 0 Å². The van der Waals surface area contributed by atoms with E-state index in [0.717, 1.165) is 23.5 Å². The molecule has 1 amide bonds. The van der Waals surface area contributed by atoms with Gasteiger partial charge in [0.25, 0.3) is 5.56 Å². The molecule has 3 aromatic rings. The molecule has 0 spiro atoms. The van der Waals surface area contributed by atoms with Gasteiger partial charge in [-0.1, -0.05) is 56.8 Å². The summed E-state index contributed by atoms with van der Waals surface area (Å²) in [5.74, 6) is -0.782. The molecule has 0 unspecified atom stereocenters. The maximum absolute atomic E-state index is 13.8. The monoisotopic (exact) mass is 489 g/mol. The normalized spacial score (nSPS) is 12.5. The summed E-state index contributed by atoms with van der Waals surface area (Å²) in [5, 5.41) is 1.92. The van der Waals surface area contributed by atoms with Gasteiger partial charge in [-0.15, -0.1) is 0 Å². The molecule has 10 heteroatoms. The van der Waals surface area contributed by atoms with Gasteiger partial charge in [-0.05, 0) is 42.2 Å². The summed E-state index contributed by atoms with van der Waals surface area (Å²) in [6.45, 7) is 5.75. The maximum atomic E-state index is 13.8. The van der Waals surface area contributed by atoms with Crippen LogP contribution in [0.2, 0.25) is 0 Å². The third-order valence-corrected chi connectivity index (χ3v) is 7.96. The number of aromatic amines is 1. The highest BCUT2D eigenvalue weighted by Gasteiger charge is 2.24. The van der Waals surface area contributed by atoms with Gasteiger partial charge >= 0.3 is 0 Å². The second-order valence-corrected chi connectivity index (χ2v) is 10.7. The van der Waals surface area contributed by atoms with E-state index in [1.54, 1.807) is 25.1 Å². The number of para-hydroxylation sites is 1. The fourth-order valence-electron chi connectivity index (χ4n) is 3.01. The highest BCUT2D eigenvalue weighted by molar-refractivity contribution is 8.00. The van der Waals surface area contributed by atoms with Crippen LogP contribution in [0.25, 0.3) is 0 Å². The van der Waals surface area contributed by atoms with E-state index < -0.39 is 37.3 Å². The molecule has 1 heterocycles. The van der Waals surface area contributed by atoms with E-state index in [0.29, 0.717) is 6.42 Å². The van der Waals surface area contributed by atoms with Crippen LogP contribution in [-0.4, -0.2) is 29.5 Å². The number of halogens is 1. The number of carbonyl (C=O) groups is 1. The number of anilines is 1. The molecule has 0 radical (unpaired) electrons. The molecule has 2 N–H and O–H groups in total. The van der Waals surface area contributed by atoms with Gasteiger partial charge in [0.1, 0.15) is 5.82 Å². The minimum absolute atomic E-state index is 0.00435. The van der Waals surface area contributed by atoms with Crippen LogP contribution in [0.1, 0.15) is 38.7 Å². The molecule has 1 aromatic heterocycles. The van der Waals surface area contributed by atoms with E-state index >= 15 is 0 Å². The minimum Gasteiger partial charge on any atom is -0.323 e. The smallest absolute Gasteiger partial charge is 0.270 e. The van der Waals surface area contributed by atoms with Gasteiger partial charge in [-0.25, -0.2) is 17.8 Å². The molecule has 3 rings (SSSR count). The van der Waals surface area contributed by atoms with Gasteiger partial charge in [-0.2, -0.15) is 0 Å². The number of carbonyl (C=O) groups excluding carboxylic acids is 1. The van der Waals surface area contributed by atoms with Crippen LogP contribution in [0, 0.1) is 5.82 Å². The SMILES string of the molecule is CC[C@H](Sc1ncc(S(=O)(=O)c2ccc(C(C)C)cc2)c(=O)[nH]1)C(=O)Nc1ccccc1F. The van der Waals surface area contributed by atoms with Crippen LogP contribution in [0.3, 0.4) is 0 Å². The Morgan fingerprint density at radius 1 is 1.15 bits per heavy atom. The molecular formula is C23H24FN3O4S2. The first-order valence-corrected chi connectivity index (χ1v) is 12.7. The van der Waals surface area contributed by atoms with Crippen molar-refractivity contribution >= 4 is 33.2 Å². The fraction of sp³-hybridized carbons (Fsp3) is 0.261. The van der Waals surface area contributed by atoms with E-state index in [2.05, 4.69) is 15.3 Å². The Balaban J connectivity index is 1.79. The van der Waals surface area contributed by atoms with Crippen LogP contribution in [-0.2, 0) is 14.6 Å². The lowest BCUT2D eigenvalue weighted by Gasteiger charge is -2.14. The van der Waals surface area contributed by atoms with Crippen LogP contribution < -0.4 is 10.9 Å². The Labute approximate surface area is 195 Å². The van der Waals surface area contributed by atoms with Gasteiger partial charge in [0.15, 0.2) is 10.1 Å². The van der Waals surface area contributed by atoms with Crippen molar-refractivity contribution in [2.45, 2.75) is 53.3 Å². The Kier molecular flexibility index (Phi) is 7.70. The van der Waals surface area contributed by atoms with Gasteiger partial charge < -0.3 is 10.3 Å². The summed E-state index contributed by atoms with van der Waals surface area (Å²) in [7, 11) is -4.06. The third kappa shape index (κ3) is 5.69. The van der Waals surface area contributed by atoms with Gasteiger partial charge in [-0.3, -0.25) is 9.59 Å². The maximum Gasteiger partial charge on any atom is 0.270 e. The van der Waals surface area contributed by atoms with Gasteiger partial charge in [0.2, 0.25) is 15.7 Å². The van der Waals surface area contributed by atoms with Crippen LogP contribution in [0.4, 0.5) is 10.1 Å². The Morgan fingerprint density at radius 2 is 1.82 bits per heavy atom. The number of hydrogen-bond donors (Lipinski definition) is 2. The van der Waals surface area contributed by atoms with E-state index in [4.69, 9.17) is 0 Å². The summed E-state index contributed by atoms with van der Waals surface area (Å²) < 4.78 is 39.6. The van der Waals surface area contributed by atoms with Crippen molar-refractivity contribution in [3.8, 4) is 0 Å². The van der Waals surface area contributed by atoms with Crippen molar-refractivity contribution in [2.24, 2.45) is 0 Å². The molecule has 0 saturated carbocycles. The number of sulfone groups is 1. The Morgan fingerprint density at radius 3 is 2.39 bits per heavy atom. The Hall–Kier alpha value is -2.98. The summed E-state index contributed by atoms with van der Waals surface area (Å²) >= 11 is 0.960. The molecule has 33 heavy (non-hydrogen) atoms. The largest absolute Gasteiger partial charge is 0.323 e. The molecule has 0 aliphatic heterocycles. The van der Waals surface area contributed by atoms with E-state index in [9.17, 15) is 22.4 Å². The number of H-pyrrole nitrogens is 1.